The van der Waals surface area contributed by atoms with Crippen molar-refractivity contribution in [2.24, 2.45) is 0 Å². The SMILES string of the molecule is CCc1nn(CC)c(CN2CCC(O)CC2)c1Br. The summed E-state index contributed by atoms with van der Waals surface area (Å²) in [6.07, 6.45) is 2.63. The van der Waals surface area contributed by atoms with E-state index in [-0.39, 0.29) is 6.10 Å². The molecule has 1 aliphatic rings. The number of hydrogen-bond donors (Lipinski definition) is 1. The van der Waals surface area contributed by atoms with Crippen LogP contribution in [0.1, 0.15) is 38.1 Å². The van der Waals surface area contributed by atoms with Gasteiger partial charge in [0.1, 0.15) is 0 Å². The van der Waals surface area contributed by atoms with Crippen LogP contribution >= 0.6 is 15.9 Å². The topological polar surface area (TPSA) is 41.3 Å². The van der Waals surface area contributed by atoms with Crippen molar-refractivity contribution in [1.29, 1.82) is 0 Å². The lowest BCUT2D eigenvalue weighted by molar-refractivity contribution is 0.0779. The van der Waals surface area contributed by atoms with E-state index >= 15 is 0 Å². The van der Waals surface area contributed by atoms with Gasteiger partial charge in [0, 0.05) is 26.2 Å². The van der Waals surface area contributed by atoms with E-state index in [0.29, 0.717) is 0 Å². The number of hydrogen-bond acceptors (Lipinski definition) is 3. The Morgan fingerprint density at radius 1 is 1.33 bits per heavy atom. The normalized spacial score (nSPS) is 18.4. The molecule has 1 fully saturated rings. The van der Waals surface area contributed by atoms with E-state index < -0.39 is 0 Å². The summed E-state index contributed by atoms with van der Waals surface area (Å²) in [7, 11) is 0. The summed E-state index contributed by atoms with van der Waals surface area (Å²) >= 11 is 3.68. The van der Waals surface area contributed by atoms with Crippen LogP contribution in [0.4, 0.5) is 0 Å². The molecule has 0 spiro atoms. The summed E-state index contributed by atoms with van der Waals surface area (Å²) in [6.45, 7) is 8.04. The molecule has 1 aromatic heterocycles. The monoisotopic (exact) mass is 315 g/mol. The molecule has 2 rings (SSSR count). The molecule has 0 atom stereocenters. The van der Waals surface area contributed by atoms with Gasteiger partial charge >= 0.3 is 0 Å². The average molecular weight is 316 g/mol. The molecule has 0 amide bonds. The predicted octanol–water partition coefficient (Wildman–Crippen LogP) is 2.18. The minimum absolute atomic E-state index is 0.105. The summed E-state index contributed by atoms with van der Waals surface area (Å²) < 4.78 is 3.26. The van der Waals surface area contributed by atoms with Gasteiger partial charge in [-0.1, -0.05) is 6.92 Å². The zero-order valence-electron chi connectivity index (χ0n) is 11.2. The molecule has 4 nitrogen and oxygen atoms in total. The van der Waals surface area contributed by atoms with Crippen molar-refractivity contribution in [2.45, 2.75) is 52.3 Å². The highest BCUT2D eigenvalue weighted by atomic mass is 79.9. The lowest BCUT2D eigenvalue weighted by Crippen LogP contribution is -2.35. The highest BCUT2D eigenvalue weighted by Gasteiger charge is 2.21. The maximum atomic E-state index is 9.54. The van der Waals surface area contributed by atoms with Crippen LogP contribution in [0.2, 0.25) is 0 Å². The minimum Gasteiger partial charge on any atom is -0.393 e. The van der Waals surface area contributed by atoms with Crippen LogP contribution in [0.3, 0.4) is 0 Å². The number of aryl methyl sites for hydroxylation is 2. The maximum absolute atomic E-state index is 9.54. The first-order valence-corrected chi connectivity index (χ1v) is 7.59. The lowest BCUT2D eigenvalue weighted by atomic mass is 10.1. The van der Waals surface area contributed by atoms with Crippen LogP contribution in [-0.2, 0) is 19.5 Å². The molecule has 1 aliphatic heterocycles. The quantitative estimate of drug-likeness (QED) is 0.926. The molecule has 0 aromatic carbocycles. The van der Waals surface area contributed by atoms with E-state index in [9.17, 15) is 5.11 Å². The first kappa shape index (κ1) is 14.0. The second-order valence-electron chi connectivity index (χ2n) is 4.88. The first-order valence-electron chi connectivity index (χ1n) is 6.80. The third kappa shape index (κ3) is 2.95. The van der Waals surface area contributed by atoms with E-state index in [1.807, 2.05) is 0 Å². The van der Waals surface area contributed by atoms with E-state index in [2.05, 4.69) is 44.5 Å². The zero-order chi connectivity index (χ0) is 13.1. The van der Waals surface area contributed by atoms with E-state index in [1.54, 1.807) is 0 Å². The molecular weight excluding hydrogens is 294 g/mol. The Kier molecular flexibility index (Phi) is 4.81. The summed E-state index contributed by atoms with van der Waals surface area (Å²) in [5, 5.41) is 14.2. The third-order valence-corrected chi connectivity index (χ3v) is 4.54. The molecule has 0 bridgehead atoms. The van der Waals surface area contributed by atoms with Crippen LogP contribution in [0.15, 0.2) is 4.47 Å². The Labute approximate surface area is 117 Å². The Hall–Kier alpha value is -0.390. The fraction of sp³-hybridized carbons (Fsp3) is 0.769. The minimum atomic E-state index is -0.105. The highest BCUT2D eigenvalue weighted by molar-refractivity contribution is 9.10. The molecular formula is C13H22BrN3O. The van der Waals surface area contributed by atoms with Gasteiger partial charge in [-0.25, -0.2) is 0 Å². The van der Waals surface area contributed by atoms with Crippen LogP contribution in [0.25, 0.3) is 0 Å². The summed E-state index contributed by atoms with van der Waals surface area (Å²) in [4.78, 5) is 2.40. The van der Waals surface area contributed by atoms with Crippen molar-refractivity contribution in [3.8, 4) is 0 Å². The Morgan fingerprint density at radius 2 is 2.00 bits per heavy atom. The number of aliphatic hydroxyl groups is 1. The van der Waals surface area contributed by atoms with E-state index in [4.69, 9.17) is 0 Å². The molecule has 1 N–H and O–H groups in total. The molecule has 18 heavy (non-hydrogen) atoms. The molecule has 1 saturated heterocycles. The van der Waals surface area contributed by atoms with Crippen LogP contribution in [-0.4, -0.2) is 39.0 Å². The zero-order valence-corrected chi connectivity index (χ0v) is 12.8. The van der Waals surface area contributed by atoms with Gasteiger partial charge in [-0.15, -0.1) is 0 Å². The molecule has 0 aliphatic carbocycles. The van der Waals surface area contributed by atoms with Gasteiger partial charge in [-0.2, -0.15) is 5.10 Å². The number of halogens is 1. The average Bonchev–Trinajstić information content (AvgIpc) is 2.69. The van der Waals surface area contributed by atoms with Gasteiger partial charge in [0.15, 0.2) is 0 Å². The van der Waals surface area contributed by atoms with Crippen LogP contribution in [0.5, 0.6) is 0 Å². The van der Waals surface area contributed by atoms with E-state index in [1.165, 1.54) is 5.69 Å². The second kappa shape index (κ2) is 6.17. The molecule has 102 valence electrons. The van der Waals surface area contributed by atoms with Crippen molar-refractivity contribution < 1.29 is 5.11 Å². The molecule has 1 aromatic rings. The molecule has 0 radical (unpaired) electrons. The van der Waals surface area contributed by atoms with Crippen molar-refractivity contribution in [3.05, 3.63) is 15.9 Å². The van der Waals surface area contributed by atoms with Crippen molar-refractivity contribution in [1.82, 2.24) is 14.7 Å². The van der Waals surface area contributed by atoms with Crippen molar-refractivity contribution in [3.63, 3.8) is 0 Å². The number of rotatable bonds is 4. The van der Waals surface area contributed by atoms with Gasteiger partial charge in [0.05, 0.1) is 22.0 Å². The first-order chi connectivity index (χ1) is 8.65. The predicted molar refractivity (Wildman–Crippen MR) is 75.5 cm³/mol. The number of likely N-dealkylation sites (tertiary alicyclic amines) is 1. The largest absolute Gasteiger partial charge is 0.393 e. The summed E-state index contributed by atoms with van der Waals surface area (Å²) in [5.74, 6) is 0. The summed E-state index contributed by atoms with van der Waals surface area (Å²) in [5.41, 5.74) is 2.41. The number of nitrogens with zero attached hydrogens (tertiary/aromatic N) is 3. The standard InChI is InChI=1S/C13H22BrN3O/c1-3-11-13(14)12(17(4-2)15-11)9-16-7-5-10(18)6-8-16/h10,18H,3-9H2,1-2H3. The number of aromatic nitrogens is 2. The number of piperidine rings is 1. The van der Waals surface area contributed by atoms with Crippen LogP contribution < -0.4 is 0 Å². The van der Waals surface area contributed by atoms with Gasteiger partial charge in [-0.05, 0) is 42.1 Å². The van der Waals surface area contributed by atoms with Gasteiger partial charge in [0.25, 0.3) is 0 Å². The Bertz CT molecular complexity index is 397. The van der Waals surface area contributed by atoms with Gasteiger partial charge in [-0.3, -0.25) is 9.58 Å². The maximum Gasteiger partial charge on any atom is 0.0767 e. The Morgan fingerprint density at radius 3 is 2.56 bits per heavy atom. The van der Waals surface area contributed by atoms with Gasteiger partial charge in [0.2, 0.25) is 0 Å². The van der Waals surface area contributed by atoms with Crippen LogP contribution in [0, 0.1) is 0 Å². The van der Waals surface area contributed by atoms with E-state index in [0.717, 1.165) is 55.6 Å². The molecule has 5 heteroatoms. The van der Waals surface area contributed by atoms with Crippen molar-refractivity contribution in [2.75, 3.05) is 13.1 Å². The molecule has 2 heterocycles. The molecule has 0 saturated carbocycles. The second-order valence-corrected chi connectivity index (χ2v) is 5.68. The highest BCUT2D eigenvalue weighted by Crippen LogP contribution is 2.24. The Balaban J connectivity index is 2.10. The smallest absolute Gasteiger partial charge is 0.0767 e. The summed E-state index contributed by atoms with van der Waals surface area (Å²) in [6, 6.07) is 0. The van der Waals surface area contributed by atoms with Crippen molar-refractivity contribution >= 4 is 15.9 Å². The number of aliphatic hydroxyl groups excluding tert-OH is 1. The fourth-order valence-electron chi connectivity index (χ4n) is 2.46. The molecule has 0 unspecified atom stereocenters. The third-order valence-electron chi connectivity index (χ3n) is 3.62. The lowest BCUT2D eigenvalue weighted by Gasteiger charge is -2.29. The van der Waals surface area contributed by atoms with Gasteiger partial charge < -0.3 is 5.11 Å². The fourth-order valence-corrected chi connectivity index (χ4v) is 3.15.